The number of halogens is 5. The van der Waals surface area contributed by atoms with Gasteiger partial charge in [0.05, 0.1) is 6.42 Å². The molecule has 0 amide bonds. The minimum atomic E-state index is -4.21. The molecule has 0 aliphatic carbocycles. The van der Waals surface area contributed by atoms with Gasteiger partial charge < -0.3 is 15.4 Å². The lowest BCUT2D eigenvalue weighted by atomic mass is 9.74. The van der Waals surface area contributed by atoms with E-state index in [2.05, 4.69) is 15.6 Å². The molecule has 0 unspecified atom stereocenters. The fourth-order valence-corrected chi connectivity index (χ4v) is 2.93. The topological polar surface area (TPSA) is 45.7 Å². The highest BCUT2D eigenvalue weighted by atomic mass is 127. The van der Waals surface area contributed by atoms with Crippen molar-refractivity contribution in [3.8, 4) is 0 Å². The summed E-state index contributed by atoms with van der Waals surface area (Å²) in [6, 6.07) is 6.34. The van der Waals surface area contributed by atoms with E-state index in [1.54, 1.807) is 12.1 Å². The summed E-state index contributed by atoms with van der Waals surface area (Å²) in [6.07, 6.45) is -3.65. The third kappa shape index (κ3) is 6.90. The largest absolute Gasteiger partial charge is 0.390 e. The molecule has 148 valence electrons. The molecule has 9 heteroatoms. The molecule has 2 N–H and O–H groups in total. The standard InChI is InChI=1S/C17H23F4N3O.HI/c1-22-15(23-9-6-17(19,20)21)24-12-16(7-10-25-11-8-16)13-2-4-14(18)5-3-13;/h2-5H,6-12H2,1H3,(H2,22,23,24);1H. The Morgan fingerprint density at radius 3 is 2.31 bits per heavy atom. The van der Waals surface area contributed by atoms with Gasteiger partial charge in [-0.2, -0.15) is 13.2 Å². The summed E-state index contributed by atoms with van der Waals surface area (Å²) in [5.41, 5.74) is 0.712. The molecule has 0 spiro atoms. The predicted octanol–water partition coefficient (Wildman–Crippen LogP) is 3.61. The average Bonchev–Trinajstić information content (AvgIpc) is 2.58. The van der Waals surface area contributed by atoms with E-state index in [0.717, 1.165) is 18.4 Å². The van der Waals surface area contributed by atoms with Crippen LogP contribution in [-0.2, 0) is 10.2 Å². The lowest BCUT2D eigenvalue weighted by molar-refractivity contribution is -0.132. The van der Waals surface area contributed by atoms with Gasteiger partial charge in [-0.3, -0.25) is 4.99 Å². The van der Waals surface area contributed by atoms with Crippen LogP contribution in [0.2, 0.25) is 0 Å². The van der Waals surface area contributed by atoms with Gasteiger partial charge in [-0.15, -0.1) is 24.0 Å². The predicted molar refractivity (Wildman–Crippen MR) is 104 cm³/mol. The van der Waals surface area contributed by atoms with Gasteiger partial charge in [0, 0.05) is 38.8 Å². The Hall–Kier alpha value is -1.10. The highest BCUT2D eigenvalue weighted by Gasteiger charge is 2.34. The van der Waals surface area contributed by atoms with Crippen LogP contribution in [-0.4, -0.2) is 45.5 Å². The number of guanidine groups is 1. The summed E-state index contributed by atoms with van der Waals surface area (Å²) in [5, 5.41) is 5.77. The fourth-order valence-electron chi connectivity index (χ4n) is 2.93. The smallest absolute Gasteiger partial charge is 0.381 e. The molecular formula is C17H24F4IN3O. The average molecular weight is 489 g/mol. The Morgan fingerprint density at radius 1 is 1.15 bits per heavy atom. The molecule has 1 aromatic carbocycles. The van der Waals surface area contributed by atoms with E-state index >= 15 is 0 Å². The first-order valence-corrected chi connectivity index (χ1v) is 8.20. The molecule has 26 heavy (non-hydrogen) atoms. The number of hydrogen-bond acceptors (Lipinski definition) is 2. The molecule has 1 aliphatic rings. The second-order valence-electron chi connectivity index (χ2n) is 6.12. The zero-order valence-corrected chi connectivity index (χ0v) is 16.9. The van der Waals surface area contributed by atoms with Crippen molar-refractivity contribution in [2.24, 2.45) is 4.99 Å². The third-order valence-electron chi connectivity index (χ3n) is 4.43. The number of benzene rings is 1. The van der Waals surface area contributed by atoms with Crippen LogP contribution < -0.4 is 10.6 Å². The Morgan fingerprint density at radius 2 is 1.77 bits per heavy atom. The van der Waals surface area contributed by atoms with Gasteiger partial charge in [-0.1, -0.05) is 12.1 Å². The molecule has 4 nitrogen and oxygen atoms in total. The van der Waals surface area contributed by atoms with E-state index in [-0.39, 0.29) is 41.8 Å². The van der Waals surface area contributed by atoms with E-state index in [9.17, 15) is 17.6 Å². The fraction of sp³-hybridized carbons (Fsp3) is 0.588. The zero-order valence-electron chi connectivity index (χ0n) is 14.5. The molecule has 0 bridgehead atoms. The van der Waals surface area contributed by atoms with Crippen LogP contribution in [0.4, 0.5) is 17.6 Å². The van der Waals surface area contributed by atoms with Crippen molar-refractivity contribution in [1.82, 2.24) is 10.6 Å². The Kier molecular flexibility index (Phi) is 9.08. The molecule has 1 saturated heterocycles. The molecule has 0 radical (unpaired) electrons. The van der Waals surface area contributed by atoms with Crippen molar-refractivity contribution in [2.75, 3.05) is 33.4 Å². The summed E-state index contributed by atoms with van der Waals surface area (Å²) in [5.74, 6) is 0.0146. The lowest BCUT2D eigenvalue weighted by Crippen LogP contribution is -2.48. The number of rotatable bonds is 5. The minimum absolute atomic E-state index is 0. The maximum Gasteiger partial charge on any atom is 0.390 e. The zero-order chi connectivity index (χ0) is 18.3. The normalized spacial score (nSPS) is 17.3. The summed E-state index contributed by atoms with van der Waals surface area (Å²) in [7, 11) is 1.51. The number of nitrogens with zero attached hydrogens (tertiary/aromatic N) is 1. The first kappa shape index (κ1) is 22.9. The monoisotopic (exact) mass is 489 g/mol. The van der Waals surface area contributed by atoms with Gasteiger partial charge in [0.2, 0.25) is 0 Å². The van der Waals surface area contributed by atoms with E-state index in [1.165, 1.54) is 19.2 Å². The quantitative estimate of drug-likeness (QED) is 0.288. The Bertz CT molecular complexity index is 572. The van der Waals surface area contributed by atoms with Crippen LogP contribution in [0.3, 0.4) is 0 Å². The van der Waals surface area contributed by atoms with E-state index < -0.39 is 12.6 Å². The Balaban J connectivity index is 0.00000338. The van der Waals surface area contributed by atoms with Crippen molar-refractivity contribution >= 4 is 29.9 Å². The number of aliphatic imine (C=N–C) groups is 1. The van der Waals surface area contributed by atoms with Crippen LogP contribution in [0.15, 0.2) is 29.3 Å². The van der Waals surface area contributed by atoms with Gasteiger partial charge in [0.15, 0.2) is 5.96 Å². The van der Waals surface area contributed by atoms with E-state index in [1.807, 2.05) is 0 Å². The molecule has 1 fully saturated rings. The van der Waals surface area contributed by atoms with Crippen molar-refractivity contribution in [3.05, 3.63) is 35.6 Å². The molecule has 2 rings (SSSR count). The summed E-state index contributed by atoms with van der Waals surface area (Å²) >= 11 is 0. The minimum Gasteiger partial charge on any atom is -0.381 e. The Labute approximate surface area is 167 Å². The van der Waals surface area contributed by atoms with Crippen LogP contribution in [0.25, 0.3) is 0 Å². The summed E-state index contributed by atoms with van der Waals surface area (Å²) in [4.78, 5) is 3.97. The van der Waals surface area contributed by atoms with Gasteiger partial charge in [0.25, 0.3) is 0 Å². The first-order valence-electron chi connectivity index (χ1n) is 8.20. The number of hydrogen-bond donors (Lipinski definition) is 2. The molecule has 1 heterocycles. The van der Waals surface area contributed by atoms with E-state index in [4.69, 9.17) is 4.74 Å². The maximum atomic E-state index is 13.2. The lowest BCUT2D eigenvalue weighted by Gasteiger charge is -2.38. The highest BCUT2D eigenvalue weighted by molar-refractivity contribution is 14.0. The van der Waals surface area contributed by atoms with E-state index in [0.29, 0.717) is 25.7 Å². The second kappa shape index (κ2) is 10.3. The molecule has 0 atom stereocenters. The van der Waals surface area contributed by atoms with Gasteiger partial charge in [-0.25, -0.2) is 4.39 Å². The summed E-state index contributed by atoms with van der Waals surface area (Å²) in [6.45, 7) is 1.40. The number of ether oxygens (including phenoxy) is 1. The highest BCUT2D eigenvalue weighted by Crippen LogP contribution is 2.34. The third-order valence-corrected chi connectivity index (χ3v) is 4.43. The SMILES string of the molecule is CN=C(NCCC(F)(F)F)NCC1(c2ccc(F)cc2)CCOCC1.I. The van der Waals surface area contributed by atoms with Crippen LogP contribution in [0, 0.1) is 5.82 Å². The summed E-state index contributed by atoms with van der Waals surface area (Å²) < 4.78 is 55.4. The molecule has 0 aromatic heterocycles. The number of alkyl halides is 3. The van der Waals surface area contributed by atoms with Crippen molar-refractivity contribution in [2.45, 2.75) is 30.9 Å². The molecular weight excluding hydrogens is 465 g/mol. The van der Waals surface area contributed by atoms with Crippen molar-refractivity contribution in [3.63, 3.8) is 0 Å². The van der Waals surface area contributed by atoms with Crippen molar-refractivity contribution in [1.29, 1.82) is 0 Å². The maximum absolute atomic E-state index is 13.2. The van der Waals surface area contributed by atoms with Crippen LogP contribution in [0.5, 0.6) is 0 Å². The molecule has 0 saturated carbocycles. The van der Waals surface area contributed by atoms with Crippen LogP contribution >= 0.6 is 24.0 Å². The van der Waals surface area contributed by atoms with Crippen LogP contribution in [0.1, 0.15) is 24.8 Å². The molecule has 1 aromatic rings. The van der Waals surface area contributed by atoms with Gasteiger partial charge in [0.1, 0.15) is 5.82 Å². The van der Waals surface area contributed by atoms with Gasteiger partial charge >= 0.3 is 6.18 Å². The number of nitrogens with one attached hydrogen (secondary N) is 2. The first-order chi connectivity index (χ1) is 11.8. The molecule has 1 aliphatic heterocycles. The van der Waals surface area contributed by atoms with Gasteiger partial charge in [-0.05, 0) is 30.5 Å². The second-order valence-corrected chi connectivity index (χ2v) is 6.12. The van der Waals surface area contributed by atoms with Crippen molar-refractivity contribution < 1.29 is 22.3 Å².